The van der Waals surface area contributed by atoms with Crippen molar-refractivity contribution in [3.05, 3.63) is 59.7 Å². The van der Waals surface area contributed by atoms with Crippen LogP contribution in [-0.4, -0.2) is 32.3 Å². The van der Waals surface area contributed by atoms with E-state index in [0.29, 0.717) is 11.3 Å². The van der Waals surface area contributed by atoms with Crippen molar-refractivity contribution in [1.29, 1.82) is 0 Å². The molecule has 1 aliphatic carbocycles. The van der Waals surface area contributed by atoms with Crippen LogP contribution in [0.3, 0.4) is 0 Å². The highest BCUT2D eigenvalue weighted by Gasteiger charge is 2.28. The summed E-state index contributed by atoms with van der Waals surface area (Å²) >= 11 is 0. The minimum absolute atomic E-state index is 0.0299. The van der Waals surface area contributed by atoms with Crippen LogP contribution in [0.2, 0.25) is 0 Å². The molecule has 148 valence electrons. The summed E-state index contributed by atoms with van der Waals surface area (Å²) in [7, 11) is -3.53. The standard InChI is InChI=1S/C20H23N3O4S/c1-13-4-3-5-15(12-13)20(25)21-14(2)19(24)22-16-8-10-18(11-9-16)28(26,27)23-17-6-7-17/h3-5,8-12,14,17,23H,6-7H2,1-2H3,(H,21,25)(H,22,24)/t14-/m1/s1. The first kappa shape index (κ1) is 20.0. The lowest BCUT2D eigenvalue weighted by atomic mass is 10.1. The van der Waals surface area contributed by atoms with E-state index >= 15 is 0 Å². The molecule has 0 bridgehead atoms. The Morgan fingerprint density at radius 2 is 1.75 bits per heavy atom. The maximum absolute atomic E-state index is 12.3. The number of amides is 2. The zero-order valence-electron chi connectivity index (χ0n) is 15.7. The maximum atomic E-state index is 12.3. The number of hydrogen-bond donors (Lipinski definition) is 3. The Morgan fingerprint density at radius 3 is 2.36 bits per heavy atom. The highest BCUT2D eigenvalue weighted by Crippen LogP contribution is 2.22. The van der Waals surface area contributed by atoms with Gasteiger partial charge in [-0.2, -0.15) is 0 Å². The van der Waals surface area contributed by atoms with Gasteiger partial charge in [0.05, 0.1) is 4.90 Å². The van der Waals surface area contributed by atoms with E-state index in [1.54, 1.807) is 25.1 Å². The Bertz CT molecular complexity index is 983. The van der Waals surface area contributed by atoms with Gasteiger partial charge in [-0.25, -0.2) is 13.1 Å². The largest absolute Gasteiger partial charge is 0.341 e. The molecule has 0 aliphatic heterocycles. The van der Waals surface area contributed by atoms with Crippen LogP contribution in [0, 0.1) is 6.92 Å². The van der Waals surface area contributed by atoms with Gasteiger partial charge in [0.15, 0.2) is 0 Å². The Morgan fingerprint density at radius 1 is 1.07 bits per heavy atom. The third-order valence-electron chi connectivity index (χ3n) is 4.35. The van der Waals surface area contributed by atoms with Gasteiger partial charge < -0.3 is 10.6 Å². The summed E-state index contributed by atoms with van der Waals surface area (Å²) in [6.45, 7) is 3.47. The second kappa shape index (κ2) is 8.12. The van der Waals surface area contributed by atoms with Crippen molar-refractivity contribution in [2.75, 3.05) is 5.32 Å². The quantitative estimate of drug-likeness (QED) is 0.661. The second-order valence-corrected chi connectivity index (χ2v) is 8.69. The molecule has 28 heavy (non-hydrogen) atoms. The summed E-state index contributed by atoms with van der Waals surface area (Å²) in [5.74, 6) is -0.730. The number of anilines is 1. The van der Waals surface area contributed by atoms with Gasteiger partial charge in [-0.05, 0) is 63.1 Å². The summed E-state index contributed by atoms with van der Waals surface area (Å²) in [5.41, 5.74) is 1.89. The number of rotatable bonds is 7. The highest BCUT2D eigenvalue weighted by atomic mass is 32.2. The van der Waals surface area contributed by atoms with Crippen LogP contribution >= 0.6 is 0 Å². The lowest BCUT2D eigenvalue weighted by Gasteiger charge is -2.15. The highest BCUT2D eigenvalue weighted by molar-refractivity contribution is 7.89. The van der Waals surface area contributed by atoms with E-state index in [1.807, 2.05) is 13.0 Å². The van der Waals surface area contributed by atoms with E-state index in [0.717, 1.165) is 18.4 Å². The van der Waals surface area contributed by atoms with E-state index < -0.39 is 22.0 Å². The normalized spacial score (nSPS) is 14.9. The predicted octanol–water partition coefficient (Wildman–Crippen LogP) is 2.19. The van der Waals surface area contributed by atoms with Gasteiger partial charge >= 0.3 is 0 Å². The number of aryl methyl sites for hydroxylation is 1. The van der Waals surface area contributed by atoms with E-state index in [1.165, 1.54) is 24.3 Å². The number of carbonyl (C=O) groups is 2. The molecule has 8 heteroatoms. The molecular weight excluding hydrogens is 378 g/mol. The average molecular weight is 401 g/mol. The Labute approximate surface area is 164 Å². The summed E-state index contributed by atoms with van der Waals surface area (Å²) in [6, 6.07) is 12.3. The minimum atomic E-state index is -3.53. The van der Waals surface area contributed by atoms with Crippen molar-refractivity contribution >= 4 is 27.5 Å². The Kier molecular flexibility index (Phi) is 5.81. The smallest absolute Gasteiger partial charge is 0.251 e. The number of nitrogens with one attached hydrogen (secondary N) is 3. The zero-order valence-corrected chi connectivity index (χ0v) is 16.5. The van der Waals surface area contributed by atoms with Crippen LogP contribution in [0.15, 0.2) is 53.4 Å². The molecule has 2 aromatic rings. The number of benzene rings is 2. The molecular formula is C20H23N3O4S. The summed E-state index contributed by atoms with van der Waals surface area (Å²) in [6.07, 6.45) is 1.72. The summed E-state index contributed by atoms with van der Waals surface area (Å²) < 4.78 is 26.9. The van der Waals surface area contributed by atoms with Crippen LogP contribution in [0.5, 0.6) is 0 Å². The molecule has 2 amide bonds. The van der Waals surface area contributed by atoms with Crippen LogP contribution in [0.1, 0.15) is 35.7 Å². The molecule has 1 atom stereocenters. The molecule has 7 nitrogen and oxygen atoms in total. The lowest BCUT2D eigenvalue weighted by Crippen LogP contribution is -2.41. The first-order valence-corrected chi connectivity index (χ1v) is 10.5. The van der Waals surface area contributed by atoms with Crippen molar-refractivity contribution in [2.24, 2.45) is 0 Å². The van der Waals surface area contributed by atoms with E-state index in [2.05, 4.69) is 15.4 Å². The van der Waals surface area contributed by atoms with Crippen molar-refractivity contribution in [2.45, 2.75) is 43.7 Å². The Balaban J connectivity index is 1.58. The first-order valence-electron chi connectivity index (χ1n) is 9.05. The van der Waals surface area contributed by atoms with Crippen LogP contribution in [-0.2, 0) is 14.8 Å². The van der Waals surface area contributed by atoms with Crippen molar-refractivity contribution in [3.63, 3.8) is 0 Å². The lowest BCUT2D eigenvalue weighted by molar-refractivity contribution is -0.117. The zero-order chi connectivity index (χ0) is 20.3. The molecule has 1 fully saturated rings. The molecule has 2 aromatic carbocycles. The molecule has 0 unspecified atom stereocenters. The van der Waals surface area contributed by atoms with Crippen LogP contribution in [0.25, 0.3) is 0 Å². The topological polar surface area (TPSA) is 104 Å². The third-order valence-corrected chi connectivity index (χ3v) is 5.89. The van der Waals surface area contributed by atoms with Crippen molar-refractivity contribution < 1.29 is 18.0 Å². The van der Waals surface area contributed by atoms with Gasteiger partial charge in [-0.15, -0.1) is 0 Å². The Hall–Kier alpha value is -2.71. The fraction of sp³-hybridized carbons (Fsp3) is 0.300. The van der Waals surface area contributed by atoms with Crippen molar-refractivity contribution in [1.82, 2.24) is 10.0 Å². The number of carbonyl (C=O) groups excluding carboxylic acids is 2. The van der Waals surface area contributed by atoms with Gasteiger partial charge in [0.25, 0.3) is 5.91 Å². The van der Waals surface area contributed by atoms with Gasteiger partial charge in [-0.3, -0.25) is 9.59 Å². The maximum Gasteiger partial charge on any atom is 0.251 e. The molecule has 0 radical (unpaired) electrons. The fourth-order valence-electron chi connectivity index (χ4n) is 2.59. The molecule has 0 saturated heterocycles. The summed E-state index contributed by atoms with van der Waals surface area (Å²) in [4.78, 5) is 24.7. The van der Waals surface area contributed by atoms with Crippen LogP contribution in [0.4, 0.5) is 5.69 Å². The van der Waals surface area contributed by atoms with Crippen LogP contribution < -0.4 is 15.4 Å². The predicted molar refractivity (Wildman–Crippen MR) is 107 cm³/mol. The number of sulfonamides is 1. The van der Waals surface area contributed by atoms with Crippen molar-refractivity contribution in [3.8, 4) is 0 Å². The van der Waals surface area contributed by atoms with Gasteiger partial charge in [-0.1, -0.05) is 17.7 Å². The van der Waals surface area contributed by atoms with E-state index in [-0.39, 0.29) is 16.8 Å². The molecule has 1 aliphatic rings. The molecule has 0 spiro atoms. The molecule has 3 N–H and O–H groups in total. The van der Waals surface area contributed by atoms with Gasteiger partial charge in [0, 0.05) is 17.3 Å². The number of hydrogen-bond acceptors (Lipinski definition) is 4. The molecule has 0 aromatic heterocycles. The monoisotopic (exact) mass is 401 g/mol. The molecule has 3 rings (SSSR count). The minimum Gasteiger partial charge on any atom is -0.341 e. The second-order valence-electron chi connectivity index (χ2n) is 6.97. The van der Waals surface area contributed by atoms with Gasteiger partial charge in [0.2, 0.25) is 15.9 Å². The fourth-order valence-corrected chi connectivity index (χ4v) is 3.89. The summed E-state index contributed by atoms with van der Waals surface area (Å²) in [5, 5.41) is 5.32. The van der Waals surface area contributed by atoms with Gasteiger partial charge in [0.1, 0.15) is 6.04 Å². The van der Waals surface area contributed by atoms with E-state index in [4.69, 9.17) is 0 Å². The first-order chi connectivity index (χ1) is 13.2. The molecule has 1 saturated carbocycles. The average Bonchev–Trinajstić information content (AvgIpc) is 3.45. The molecule has 0 heterocycles. The third kappa shape index (κ3) is 5.17. The van der Waals surface area contributed by atoms with E-state index in [9.17, 15) is 18.0 Å². The SMILES string of the molecule is Cc1cccc(C(=O)N[C@H](C)C(=O)Nc2ccc(S(=O)(=O)NC3CC3)cc2)c1.